The van der Waals surface area contributed by atoms with Gasteiger partial charge in [-0.05, 0) is 54.2 Å². The molecule has 2 atom stereocenters. The Labute approximate surface area is 266 Å². The van der Waals surface area contributed by atoms with Gasteiger partial charge in [-0.3, -0.25) is 4.79 Å². The van der Waals surface area contributed by atoms with Crippen molar-refractivity contribution in [3.8, 4) is 6.07 Å². The van der Waals surface area contributed by atoms with E-state index in [4.69, 9.17) is 10.00 Å². The van der Waals surface area contributed by atoms with E-state index >= 15 is 0 Å². The summed E-state index contributed by atoms with van der Waals surface area (Å²) >= 11 is 0. The Morgan fingerprint density at radius 2 is 1.51 bits per heavy atom. The number of unbranched alkanes of at least 4 members (excludes halogenated alkanes) is 1. The summed E-state index contributed by atoms with van der Waals surface area (Å²) < 4.78 is 33.3. The number of benzene rings is 3. The second-order valence-corrected chi connectivity index (χ2v) is 13.0. The normalized spacial score (nSPS) is 12.8. The van der Waals surface area contributed by atoms with E-state index in [2.05, 4.69) is 10.6 Å². The minimum atomic E-state index is -3.93. The van der Waals surface area contributed by atoms with Crippen LogP contribution >= 0.6 is 0 Å². The summed E-state index contributed by atoms with van der Waals surface area (Å²) in [6.45, 7) is 3.94. The van der Waals surface area contributed by atoms with Gasteiger partial charge in [0, 0.05) is 25.0 Å². The van der Waals surface area contributed by atoms with E-state index in [-0.39, 0.29) is 36.4 Å². The van der Waals surface area contributed by atoms with E-state index in [0.29, 0.717) is 24.8 Å². The van der Waals surface area contributed by atoms with Crippen LogP contribution in [0.2, 0.25) is 0 Å². The number of aliphatic hydroxyl groups excluding tert-OH is 1. The third-order valence-corrected chi connectivity index (χ3v) is 9.34. The van der Waals surface area contributed by atoms with Crippen molar-refractivity contribution in [3.63, 3.8) is 0 Å². The largest absolute Gasteiger partial charge is 0.453 e. The van der Waals surface area contributed by atoms with Gasteiger partial charge in [-0.15, -0.1) is 0 Å². The molecule has 10 nitrogen and oxygen atoms in total. The second-order valence-electron chi connectivity index (χ2n) is 11.1. The molecule has 1 unspecified atom stereocenters. The highest BCUT2D eigenvalue weighted by molar-refractivity contribution is 7.89. The van der Waals surface area contributed by atoms with Crippen LogP contribution in [0.15, 0.2) is 89.8 Å². The van der Waals surface area contributed by atoms with Gasteiger partial charge >= 0.3 is 6.09 Å². The molecular weight excluding hydrogens is 592 g/mol. The van der Waals surface area contributed by atoms with E-state index < -0.39 is 34.1 Å². The number of nitrogens with one attached hydrogen (secondary N) is 2. The van der Waals surface area contributed by atoms with E-state index in [9.17, 15) is 23.1 Å². The van der Waals surface area contributed by atoms with E-state index in [1.54, 1.807) is 0 Å². The molecule has 0 saturated heterocycles. The maximum absolute atomic E-state index is 13.6. The van der Waals surface area contributed by atoms with Crippen LogP contribution in [0.5, 0.6) is 0 Å². The molecule has 240 valence electrons. The SMILES string of the molecule is COC(=O)N[C@H](C(=O)NCCCCC(CO)N(CC(C)C)S(=O)(=O)c1ccc(C#N)cc1)C(c1ccccc1)c1ccccc1. The van der Waals surface area contributed by atoms with Crippen LogP contribution in [0.1, 0.15) is 55.7 Å². The molecule has 0 spiro atoms. The summed E-state index contributed by atoms with van der Waals surface area (Å²) in [5, 5.41) is 24.9. The van der Waals surface area contributed by atoms with Gasteiger partial charge in [0.05, 0.1) is 30.2 Å². The highest BCUT2D eigenvalue weighted by Crippen LogP contribution is 2.29. The predicted molar refractivity (Wildman–Crippen MR) is 172 cm³/mol. The molecule has 0 saturated carbocycles. The van der Waals surface area contributed by atoms with Crippen molar-refractivity contribution in [1.29, 1.82) is 5.26 Å². The average molecular weight is 635 g/mol. The Morgan fingerprint density at radius 1 is 0.933 bits per heavy atom. The summed E-state index contributed by atoms with van der Waals surface area (Å²) in [5.74, 6) is -0.864. The smallest absolute Gasteiger partial charge is 0.407 e. The molecule has 2 amide bonds. The van der Waals surface area contributed by atoms with Crippen LogP contribution in [-0.2, 0) is 19.6 Å². The standard InChI is InChI=1S/C34H42N4O6S/c1-25(2)23-38(45(42,43)30-19-17-26(22-35)18-20-30)29(24-39)16-10-11-21-36-33(40)32(37-34(41)44-3)31(27-12-6-4-7-13-27)28-14-8-5-9-15-28/h4-9,12-15,17-20,25,29,31-32,39H,10-11,16,21,23-24H2,1-3H3,(H,36,40)(H,37,41)/t29?,32-/m0/s1. The zero-order chi connectivity index (χ0) is 32.8. The Kier molecular flexibility index (Phi) is 13.5. The summed E-state index contributed by atoms with van der Waals surface area (Å²) in [6.07, 6.45) is 0.682. The van der Waals surface area contributed by atoms with Crippen molar-refractivity contribution in [2.45, 2.75) is 56.0 Å². The Balaban J connectivity index is 1.70. The van der Waals surface area contributed by atoms with Crippen LogP contribution in [0.4, 0.5) is 4.79 Å². The Morgan fingerprint density at radius 3 is 2.00 bits per heavy atom. The molecule has 0 radical (unpaired) electrons. The van der Waals surface area contributed by atoms with Crippen LogP contribution in [0.25, 0.3) is 0 Å². The minimum absolute atomic E-state index is 0.00733. The number of hydrogen-bond acceptors (Lipinski definition) is 7. The number of rotatable bonds is 16. The molecule has 3 N–H and O–H groups in total. The lowest BCUT2D eigenvalue weighted by atomic mass is 9.84. The number of sulfonamides is 1. The fourth-order valence-electron chi connectivity index (χ4n) is 5.18. The third-order valence-electron chi connectivity index (χ3n) is 7.41. The highest BCUT2D eigenvalue weighted by atomic mass is 32.2. The molecule has 45 heavy (non-hydrogen) atoms. The van der Waals surface area contributed by atoms with Gasteiger partial charge < -0.3 is 20.5 Å². The zero-order valence-electron chi connectivity index (χ0n) is 25.9. The maximum Gasteiger partial charge on any atom is 0.407 e. The van der Waals surface area contributed by atoms with Crippen molar-refractivity contribution < 1.29 is 27.9 Å². The molecule has 11 heteroatoms. The van der Waals surface area contributed by atoms with E-state index in [1.165, 1.54) is 35.7 Å². The number of carbonyl (C=O) groups is 2. The minimum Gasteiger partial charge on any atom is -0.453 e. The lowest BCUT2D eigenvalue weighted by molar-refractivity contribution is -0.123. The Hall–Kier alpha value is -4.24. The van der Waals surface area contributed by atoms with Crippen LogP contribution < -0.4 is 10.6 Å². The lowest BCUT2D eigenvalue weighted by Gasteiger charge is -2.31. The van der Waals surface area contributed by atoms with Crippen molar-refractivity contribution in [3.05, 3.63) is 102 Å². The predicted octanol–water partition coefficient (Wildman–Crippen LogP) is 4.41. The van der Waals surface area contributed by atoms with Gasteiger partial charge in [-0.1, -0.05) is 80.9 Å². The fourth-order valence-corrected chi connectivity index (χ4v) is 6.99. The molecule has 0 bridgehead atoms. The number of alkyl carbamates (subject to hydrolysis) is 1. The summed E-state index contributed by atoms with van der Waals surface area (Å²) in [4.78, 5) is 26.0. The summed E-state index contributed by atoms with van der Waals surface area (Å²) in [6, 6.07) is 25.0. The number of aliphatic hydroxyl groups is 1. The van der Waals surface area contributed by atoms with Gasteiger partial charge in [-0.2, -0.15) is 9.57 Å². The number of carbonyl (C=O) groups excluding carboxylic acids is 2. The molecule has 0 heterocycles. The molecule has 0 aliphatic heterocycles. The lowest BCUT2D eigenvalue weighted by Crippen LogP contribution is -2.50. The quantitative estimate of drug-likeness (QED) is 0.198. The number of amides is 2. The maximum atomic E-state index is 13.6. The summed E-state index contributed by atoms with van der Waals surface area (Å²) in [7, 11) is -2.69. The molecule has 3 aromatic carbocycles. The molecular formula is C34H42N4O6S. The first kappa shape index (κ1) is 35.2. The monoisotopic (exact) mass is 634 g/mol. The fraction of sp³-hybridized carbons (Fsp3) is 0.382. The first-order valence-electron chi connectivity index (χ1n) is 15.0. The molecule has 3 rings (SSSR count). The zero-order valence-corrected chi connectivity index (χ0v) is 26.7. The van der Waals surface area contributed by atoms with Gasteiger partial charge in [0.2, 0.25) is 15.9 Å². The van der Waals surface area contributed by atoms with Crippen LogP contribution in [0, 0.1) is 17.2 Å². The van der Waals surface area contributed by atoms with Crippen LogP contribution in [-0.4, -0.2) is 68.7 Å². The van der Waals surface area contributed by atoms with Crippen molar-refractivity contribution >= 4 is 22.0 Å². The number of ether oxygens (including phenoxy) is 1. The first-order chi connectivity index (χ1) is 21.6. The first-order valence-corrected chi connectivity index (χ1v) is 16.4. The topological polar surface area (TPSA) is 149 Å². The van der Waals surface area contributed by atoms with E-state index in [1.807, 2.05) is 80.6 Å². The van der Waals surface area contributed by atoms with Gasteiger partial charge in [0.15, 0.2) is 0 Å². The Bertz CT molecular complexity index is 1470. The van der Waals surface area contributed by atoms with Gasteiger partial charge in [0.1, 0.15) is 6.04 Å². The number of nitriles is 1. The molecule has 0 aliphatic rings. The third kappa shape index (κ3) is 9.88. The molecule has 0 fully saturated rings. The van der Waals surface area contributed by atoms with Gasteiger partial charge in [-0.25, -0.2) is 13.2 Å². The molecule has 0 aromatic heterocycles. The number of methoxy groups -OCH3 is 1. The number of nitrogens with zero attached hydrogens (tertiary/aromatic N) is 2. The van der Waals surface area contributed by atoms with Crippen molar-refractivity contribution in [2.24, 2.45) is 5.92 Å². The molecule has 3 aromatic rings. The second kappa shape index (κ2) is 17.3. The summed E-state index contributed by atoms with van der Waals surface area (Å²) in [5.41, 5.74) is 2.05. The van der Waals surface area contributed by atoms with Crippen molar-refractivity contribution in [1.82, 2.24) is 14.9 Å². The van der Waals surface area contributed by atoms with Crippen LogP contribution in [0.3, 0.4) is 0 Å². The molecule has 0 aliphatic carbocycles. The van der Waals surface area contributed by atoms with Gasteiger partial charge in [0.25, 0.3) is 0 Å². The van der Waals surface area contributed by atoms with Crippen molar-refractivity contribution in [2.75, 3.05) is 26.8 Å². The highest BCUT2D eigenvalue weighted by Gasteiger charge is 2.33. The van der Waals surface area contributed by atoms with E-state index in [0.717, 1.165) is 11.1 Å². The average Bonchev–Trinajstić information content (AvgIpc) is 3.06. The number of hydrogen-bond donors (Lipinski definition) is 3.